The molecule has 0 radical (unpaired) electrons. The van der Waals surface area contributed by atoms with Crippen molar-refractivity contribution in [2.45, 2.75) is 97.5 Å². The van der Waals surface area contributed by atoms with Gasteiger partial charge in [-0.05, 0) is 75.8 Å². The minimum absolute atomic E-state index is 0.0585. The van der Waals surface area contributed by atoms with Crippen LogP contribution in [0.3, 0.4) is 0 Å². The summed E-state index contributed by atoms with van der Waals surface area (Å²) in [6, 6.07) is 7.46. The van der Waals surface area contributed by atoms with Gasteiger partial charge in [0.2, 0.25) is 0 Å². The molecule has 0 saturated heterocycles. The van der Waals surface area contributed by atoms with Gasteiger partial charge in [0.25, 0.3) is 5.91 Å². The van der Waals surface area contributed by atoms with Crippen LogP contribution in [-0.4, -0.2) is 52.0 Å². The molecule has 1 amide bonds. The Hall–Kier alpha value is -2.12. The molecule has 2 N–H and O–H groups in total. The Labute approximate surface area is 250 Å². The molecule has 3 fully saturated rings. The lowest BCUT2D eigenvalue weighted by atomic mass is 9.44. The number of hydrogen-bond acceptors (Lipinski definition) is 6. The largest absolute Gasteiger partial charge is 0.461 e. The average Bonchev–Trinajstić information content (AvgIpc) is 3.29. The third-order valence-corrected chi connectivity index (χ3v) is 12.4. The van der Waals surface area contributed by atoms with Gasteiger partial charge >= 0.3 is 5.97 Å². The van der Waals surface area contributed by atoms with E-state index in [1.807, 2.05) is 52.0 Å². The first-order valence-electron chi connectivity index (χ1n) is 15.1. The van der Waals surface area contributed by atoms with Gasteiger partial charge in [0.05, 0.1) is 11.9 Å². The number of amides is 1. The standard InChI is InChI=1S/C34H49NO5S/c1-9-32(7)18-26(33(8)22(3)13-15-34(23(4)29(32)38)16-14-25(36)28(33)34)40-27(37)19-41-31(5,6)20-35-30(39)24-12-10-11-21(2)17-24/h9-12,17,22-23,26,28-29,38H,1,13-16,18-20H2,2-8H3,(H,35,39)/t22-,23+,26-,28+,29+,32-,33+,34+/m1/s1. The van der Waals surface area contributed by atoms with Crippen molar-refractivity contribution in [2.24, 2.45) is 34.0 Å². The Morgan fingerprint density at radius 2 is 1.95 bits per heavy atom. The number of thioether (sulfide) groups is 1. The molecule has 0 aromatic heterocycles. The van der Waals surface area contributed by atoms with Crippen molar-refractivity contribution >= 4 is 29.4 Å². The predicted octanol–water partition coefficient (Wildman–Crippen LogP) is 6.14. The maximum Gasteiger partial charge on any atom is 0.316 e. The van der Waals surface area contributed by atoms with Crippen LogP contribution in [0, 0.1) is 40.9 Å². The van der Waals surface area contributed by atoms with Crippen LogP contribution >= 0.6 is 11.8 Å². The van der Waals surface area contributed by atoms with E-state index in [9.17, 15) is 19.5 Å². The van der Waals surface area contributed by atoms with E-state index >= 15 is 0 Å². The van der Waals surface area contributed by atoms with Crippen LogP contribution in [0.1, 0.15) is 89.6 Å². The van der Waals surface area contributed by atoms with Crippen LogP contribution in [0.5, 0.6) is 0 Å². The summed E-state index contributed by atoms with van der Waals surface area (Å²) in [5.74, 6) is -0.197. The molecule has 0 spiro atoms. The maximum absolute atomic E-state index is 13.6. The lowest BCUT2D eigenvalue weighted by Crippen LogP contribution is -2.63. The normalized spacial score (nSPS) is 37.0. The fourth-order valence-corrected chi connectivity index (χ4v) is 8.93. The highest BCUT2D eigenvalue weighted by atomic mass is 32.2. The lowest BCUT2D eigenvalue weighted by Gasteiger charge is -2.61. The molecular weight excluding hydrogens is 534 g/mol. The van der Waals surface area contributed by atoms with E-state index in [1.165, 1.54) is 11.8 Å². The number of esters is 1. The summed E-state index contributed by atoms with van der Waals surface area (Å²) in [6.45, 7) is 18.9. The summed E-state index contributed by atoms with van der Waals surface area (Å²) >= 11 is 1.45. The summed E-state index contributed by atoms with van der Waals surface area (Å²) in [7, 11) is 0. The smallest absolute Gasteiger partial charge is 0.316 e. The first kappa shape index (κ1) is 31.8. The highest BCUT2D eigenvalue weighted by Crippen LogP contribution is 2.68. The number of ketones is 1. The fraction of sp³-hybridized carbons (Fsp3) is 0.676. The summed E-state index contributed by atoms with van der Waals surface area (Å²) in [4.78, 5) is 39.7. The SMILES string of the molecule is C=C[C@]1(C)C[C@@H](OC(=O)CSC(C)(C)CNC(=O)c2cccc(C)c2)[C@]2(C)[C@H](C)CC[C@]3(CCC(=O)[C@H]32)[C@@H](C)[C@@H]1O. The van der Waals surface area contributed by atoms with E-state index in [2.05, 4.69) is 32.7 Å². The molecule has 4 rings (SSSR count). The van der Waals surface area contributed by atoms with Crippen molar-refractivity contribution in [1.29, 1.82) is 0 Å². The molecule has 3 aliphatic carbocycles. The Morgan fingerprint density at radius 3 is 2.61 bits per heavy atom. The molecule has 3 saturated carbocycles. The topological polar surface area (TPSA) is 92.7 Å². The zero-order chi connectivity index (χ0) is 30.4. The van der Waals surface area contributed by atoms with Crippen molar-refractivity contribution in [3.8, 4) is 0 Å². The molecule has 0 heterocycles. The third-order valence-electron chi connectivity index (χ3n) is 11.1. The number of ether oxygens (including phenoxy) is 1. The number of aryl methyl sites for hydroxylation is 1. The number of rotatable bonds is 8. The molecule has 6 nitrogen and oxygen atoms in total. The van der Waals surface area contributed by atoms with E-state index in [0.29, 0.717) is 24.9 Å². The second-order valence-electron chi connectivity index (χ2n) is 14.2. The number of Topliss-reactive ketones (excluding diaryl/α,β-unsaturated/α-hetero) is 1. The van der Waals surface area contributed by atoms with Gasteiger partial charge in [-0.3, -0.25) is 14.4 Å². The van der Waals surface area contributed by atoms with E-state index in [4.69, 9.17) is 4.74 Å². The second-order valence-corrected chi connectivity index (χ2v) is 15.8. The quantitative estimate of drug-likeness (QED) is 0.282. The van der Waals surface area contributed by atoms with Gasteiger partial charge in [-0.25, -0.2) is 0 Å². The highest BCUT2D eigenvalue weighted by Gasteiger charge is 2.68. The Bertz CT molecular complexity index is 1200. The summed E-state index contributed by atoms with van der Waals surface area (Å²) in [5, 5.41) is 14.7. The molecule has 8 atom stereocenters. The molecule has 0 unspecified atom stereocenters. The van der Waals surface area contributed by atoms with Crippen molar-refractivity contribution in [3.63, 3.8) is 0 Å². The molecule has 1 aromatic carbocycles. The Balaban J connectivity index is 1.51. The molecule has 3 aliphatic rings. The maximum atomic E-state index is 13.6. The number of carbonyl (C=O) groups is 3. The van der Waals surface area contributed by atoms with E-state index in [-0.39, 0.29) is 46.6 Å². The highest BCUT2D eigenvalue weighted by molar-refractivity contribution is 8.01. The van der Waals surface area contributed by atoms with Gasteiger partial charge in [0.1, 0.15) is 11.9 Å². The van der Waals surface area contributed by atoms with Crippen molar-refractivity contribution in [2.75, 3.05) is 12.3 Å². The third kappa shape index (κ3) is 5.78. The van der Waals surface area contributed by atoms with Crippen LogP contribution in [0.4, 0.5) is 0 Å². The number of hydrogen-bond donors (Lipinski definition) is 2. The molecule has 0 aliphatic heterocycles. The first-order valence-corrected chi connectivity index (χ1v) is 16.1. The van der Waals surface area contributed by atoms with E-state index in [1.54, 1.807) is 6.07 Å². The van der Waals surface area contributed by atoms with Crippen LogP contribution in [0.15, 0.2) is 36.9 Å². The summed E-state index contributed by atoms with van der Waals surface area (Å²) in [5.41, 5.74) is 0.166. The number of carbonyl (C=O) groups excluding carboxylic acids is 3. The number of benzene rings is 1. The van der Waals surface area contributed by atoms with Crippen LogP contribution < -0.4 is 5.32 Å². The first-order chi connectivity index (χ1) is 19.1. The molecule has 2 bridgehead atoms. The molecule has 7 heteroatoms. The van der Waals surface area contributed by atoms with Crippen molar-refractivity contribution in [1.82, 2.24) is 5.32 Å². The minimum atomic E-state index is -0.683. The number of aliphatic hydroxyl groups is 1. The van der Waals surface area contributed by atoms with Gasteiger partial charge in [0, 0.05) is 40.0 Å². The lowest BCUT2D eigenvalue weighted by molar-refractivity contribution is -0.205. The van der Waals surface area contributed by atoms with Gasteiger partial charge in [-0.2, -0.15) is 0 Å². The minimum Gasteiger partial charge on any atom is -0.461 e. The van der Waals surface area contributed by atoms with Crippen molar-refractivity contribution in [3.05, 3.63) is 48.0 Å². The number of aliphatic hydroxyl groups excluding tert-OH is 1. The van der Waals surface area contributed by atoms with Gasteiger partial charge in [0.15, 0.2) is 0 Å². The fourth-order valence-electron chi connectivity index (χ4n) is 8.18. The van der Waals surface area contributed by atoms with Crippen LogP contribution in [0.25, 0.3) is 0 Å². The molecule has 1 aromatic rings. The monoisotopic (exact) mass is 583 g/mol. The number of nitrogens with one attached hydrogen (secondary N) is 1. The zero-order valence-electron chi connectivity index (χ0n) is 25.9. The van der Waals surface area contributed by atoms with E-state index < -0.39 is 27.8 Å². The van der Waals surface area contributed by atoms with Gasteiger partial charge in [-0.1, -0.05) is 51.5 Å². The molecule has 41 heavy (non-hydrogen) atoms. The molecular formula is C34H49NO5S. The summed E-state index contributed by atoms with van der Waals surface area (Å²) in [6.07, 6.45) is 4.20. The zero-order valence-corrected chi connectivity index (χ0v) is 26.7. The molecule has 226 valence electrons. The summed E-state index contributed by atoms with van der Waals surface area (Å²) < 4.78 is 5.96. The van der Waals surface area contributed by atoms with E-state index in [0.717, 1.165) is 24.8 Å². The van der Waals surface area contributed by atoms with Crippen LogP contribution in [-0.2, 0) is 14.3 Å². The second kappa shape index (κ2) is 11.5. The Morgan fingerprint density at radius 1 is 1.24 bits per heavy atom. The average molecular weight is 584 g/mol. The van der Waals surface area contributed by atoms with Crippen molar-refractivity contribution < 1.29 is 24.2 Å². The predicted molar refractivity (Wildman–Crippen MR) is 165 cm³/mol. The van der Waals surface area contributed by atoms with Gasteiger partial charge in [-0.15, -0.1) is 18.3 Å². The van der Waals surface area contributed by atoms with Crippen LogP contribution in [0.2, 0.25) is 0 Å². The Kier molecular flexibility index (Phi) is 8.94. The van der Waals surface area contributed by atoms with Gasteiger partial charge < -0.3 is 15.2 Å².